The lowest BCUT2D eigenvalue weighted by molar-refractivity contribution is 0.125. The van der Waals surface area contributed by atoms with Crippen LogP contribution in [0.3, 0.4) is 0 Å². The molecule has 0 aliphatic carbocycles. The average molecular weight is 218 g/mol. The molecule has 1 aliphatic heterocycles. The van der Waals surface area contributed by atoms with Gasteiger partial charge in [-0.15, -0.1) is 0 Å². The number of rotatable bonds is 2. The molecule has 86 valence electrons. The molecule has 16 heavy (non-hydrogen) atoms. The maximum absolute atomic E-state index is 9.94. The summed E-state index contributed by atoms with van der Waals surface area (Å²) in [5.74, 6) is 0.326. The Morgan fingerprint density at radius 2 is 2.00 bits per heavy atom. The van der Waals surface area contributed by atoms with Crippen LogP contribution in [0.15, 0.2) is 36.7 Å². The molecule has 1 unspecified atom stereocenters. The number of nitrogens with one attached hydrogen (secondary N) is 1. The Morgan fingerprint density at radius 1 is 1.31 bits per heavy atom. The Morgan fingerprint density at radius 3 is 2.62 bits per heavy atom. The minimum Gasteiger partial charge on any atom is -0.508 e. The molecule has 1 atom stereocenters. The van der Waals surface area contributed by atoms with Crippen LogP contribution >= 0.6 is 0 Å². The van der Waals surface area contributed by atoms with Gasteiger partial charge in [0.2, 0.25) is 0 Å². The first-order valence-corrected chi connectivity index (χ1v) is 5.57. The van der Waals surface area contributed by atoms with Crippen LogP contribution in [0.4, 0.5) is 0 Å². The van der Waals surface area contributed by atoms with Crippen LogP contribution in [0.1, 0.15) is 26.3 Å². The van der Waals surface area contributed by atoms with Gasteiger partial charge < -0.3 is 15.3 Å². The van der Waals surface area contributed by atoms with E-state index in [4.69, 9.17) is 0 Å². The number of hydrogen-bond acceptors (Lipinski definition) is 3. The highest BCUT2D eigenvalue weighted by molar-refractivity contribution is 5.39. The predicted octanol–water partition coefficient (Wildman–Crippen LogP) is 2.35. The van der Waals surface area contributed by atoms with Gasteiger partial charge in [0, 0.05) is 24.0 Å². The molecular weight excluding hydrogens is 200 g/mol. The quantitative estimate of drug-likeness (QED) is 0.800. The highest BCUT2D eigenvalue weighted by atomic mass is 16.3. The number of phenols is 1. The van der Waals surface area contributed by atoms with Crippen molar-refractivity contribution >= 4 is 0 Å². The summed E-state index contributed by atoms with van der Waals surface area (Å²) < 4.78 is 0. The van der Waals surface area contributed by atoms with E-state index in [1.807, 2.05) is 30.6 Å². The average Bonchev–Trinajstić information content (AvgIpc) is 2.62. The largest absolute Gasteiger partial charge is 0.508 e. The predicted molar refractivity (Wildman–Crippen MR) is 64.7 cm³/mol. The lowest BCUT2D eigenvalue weighted by Gasteiger charge is -2.39. The lowest BCUT2D eigenvalue weighted by atomic mass is 9.98. The molecule has 1 aromatic carbocycles. The van der Waals surface area contributed by atoms with Crippen LogP contribution in [-0.2, 0) is 5.66 Å². The summed E-state index contributed by atoms with van der Waals surface area (Å²) in [5, 5.41) is 13.2. The molecule has 1 heterocycles. The number of para-hydroxylation sites is 1. The van der Waals surface area contributed by atoms with Crippen molar-refractivity contribution in [2.75, 3.05) is 0 Å². The summed E-state index contributed by atoms with van der Waals surface area (Å²) in [4.78, 5) is 2.20. The van der Waals surface area contributed by atoms with Crippen molar-refractivity contribution in [2.45, 2.75) is 32.5 Å². The van der Waals surface area contributed by atoms with Crippen molar-refractivity contribution in [1.29, 1.82) is 0 Å². The Kier molecular flexibility index (Phi) is 2.54. The Balaban J connectivity index is 2.43. The van der Waals surface area contributed by atoms with Gasteiger partial charge in [-0.3, -0.25) is 0 Å². The Hall–Kier alpha value is -1.64. The highest BCUT2D eigenvalue weighted by Gasteiger charge is 2.37. The molecule has 2 rings (SSSR count). The zero-order valence-corrected chi connectivity index (χ0v) is 9.94. The molecule has 0 bridgehead atoms. The van der Waals surface area contributed by atoms with Crippen LogP contribution in [0.25, 0.3) is 0 Å². The van der Waals surface area contributed by atoms with Gasteiger partial charge in [-0.05, 0) is 26.8 Å². The third kappa shape index (κ3) is 1.52. The molecule has 0 saturated heterocycles. The normalized spacial score (nSPS) is 23.9. The minimum atomic E-state index is -0.362. The standard InChI is InChI=1S/C13H18N2O/c1-10(2)15-9-8-14-13(15,3)11-6-4-5-7-12(11)16/h4-10,14,16H,1-3H3. The number of phenolic OH excluding ortho intramolecular Hbond substituents is 1. The smallest absolute Gasteiger partial charge is 0.137 e. The van der Waals surface area contributed by atoms with Crippen molar-refractivity contribution in [1.82, 2.24) is 10.2 Å². The van der Waals surface area contributed by atoms with Gasteiger partial charge in [0.1, 0.15) is 11.4 Å². The molecule has 1 aliphatic rings. The molecule has 0 amide bonds. The van der Waals surface area contributed by atoms with Crippen molar-refractivity contribution in [3.05, 3.63) is 42.2 Å². The first-order valence-electron chi connectivity index (χ1n) is 5.57. The van der Waals surface area contributed by atoms with Gasteiger partial charge in [0.15, 0.2) is 0 Å². The fraction of sp³-hybridized carbons (Fsp3) is 0.385. The fourth-order valence-corrected chi connectivity index (χ4v) is 2.29. The Labute approximate surface area is 96.4 Å². The van der Waals surface area contributed by atoms with E-state index < -0.39 is 0 Å². The lowest BCUT2D eigenvalue weighted by Crippen LogP contribution is -2.48. The van der Waals surface area contributed by atoms with E-state index in [1.165, 1.54) is 0 Å². The summed E-state index contributed by atoms with van der Waals surface area (Å²) in [6, 6.07) is 7.82. The van der Waals surface area contributed by atoms with Crippen LogP contribution in [0.5, 0.6) is 5.75 Å². The van der Waals surface area contributed by atoms with Gasteiger partial charge in [-0.1, -0.05) is 18.2 Å². The van der Waals surface area contributed by atoms with Gasteiger partial charge in [-0.2, -0.15) is 0 Å². The summed E-state index contributed by atoms with van der Waals surface area (Å²) in [5.41, 5.74) is 0.535. The molecule has 3 nitrogen and oxygen atoms in total. The first kappa shape index (κ1) is 10.9. The third-order valence-corrected chi connectivity index (χ3v) is 3.10. The maximum Gasteiger partial charge on any atom is 0.137 e. The molecule has 1 aromatic rings. The van der Waals surface area contributed by atoms with E-state index in [1.54, 1.807) is 6.07 Å². The monoisotopic (exact) mass is 218 g/mol. The molecule has 3 heteroatoms. The van der Waals surface area contributed by atoms with Crippen molar-refractivity contribution in [2.24, 2.45) is 0 Å². The van der Waals surface area contributed by atoms with Crippen molar-refractivity contribution < 1.29 is 5.11 Å². The van der Waals surface area contributed by atoms with Gasteiger partial charge in [0.25, 0.3) is 0 Å². The van der Waals surface area contributed by atoms with Crippen molar-refractivity contribution in [3.8, 4) is 5.75 Å². The maximum atomic E-state index is 9.94. The van der Waals surface area contributed by atoms with Crippen LogP contribution in [-0.4, -0.2) is 16.0 Å². The molecular formula is C13H18N2O. The third-order valence-electron chi connectivity index (χ3n) is 3.10. The number of nitrogens with zero attached hydrogens (tertiary/aromatic N) is 1. The van der Waals surface area contributed by atoms with Crippen LogP contribution in [0.2, 0.25) is 0 Å². The Bertz CT molecular complexity index is 414. The minimum absolute atomic E-state index is 0.326. The SMILES string of the molecule is CC(C)N1C=CNC1(C)c1ccccc1O. The van der Waals surface area contributed by atoms with Gasteiger partial charge in [0.05, 0.1) is 0 Å². The highest BCUT2D eigenvalue weighted by Crippen LogP contribution is 2.35. The molecule has 2 N–H and O–H groups in total. The molecule has 0 spiro atoms. The zero-order valence-electron chi connectivity index (χ0n) is 9.94. The number of hydrogen-bond donors (Lipinski definition) is 2. The fourth-order valence-electron chi connectivity index (χ4n) is 2.29. The second kappa shape index (κ2) is 3.74. The van der Waals surface area contributed by atoms with Crippen LogP contribution < -0.4 is 5.32 Å². The topological polar surface area (TPSA) is 35.5 Å². The van der Waals surface area contributed by atoms with E-state index in [2.05, 4.69) is 31.0 Å². The van der Waals surface area contributed by atoms with Crippen LogP contribution in [0, 0.1) is 0 Å². The van der Waals surface area contributed by atoms with E-state index in [9.17, 15) is 5.11 Å². The molecule has 0 fully saturated rings. The van der Waals surface area contributed by atoms with E-state index >= 15 is 0 Å². The van der Waals surface area contributed by atoms with Crippen molar-refractivity contribution in [3.63, 3.8) is 0 Å². The second-order valence-corrected chi connectivity index (χ2v) is 4.55. The van der Waals surface area contributed by atoms with Gasteiger partial charge >= 0.3 is 0 Å². The van der Waals surface area contributed by atoms with E-state index in [-0.39, 0.29) is 5.66 Å². The number of aromatic hydroxyl groups is 1. The molecule has 0 radical (unpaired) electrons. The zero-order chi connectivity index (χ0) is 11.8. The molecule has 0 aromatic heterocycles. The summed E-state index contributed by atoms with van der Waals surface area (Å²) in [6.45, 7) is 6.34. The number of benzene rings is 1. The first-order chi connectivity index (χ1) is 7.55. The summed E-state index contributed by atoms with van der Waals surface area (Å²) >= 11 is 0. The summed E-state index contributed by atoms with van der Waals surface area (Å²) in [6.07, 6.45) is 3.95. The van der Waals surface area contributed by atoms with Gasteiger partial charge in [-0.25, -0.2) is 0 Å². The molecule has 0 saturated carbocycles. The summed E-state index contributed by atoms with van der Waals surface area (Å²) in [7, 11) is 0. The van der Waals surface area contributed by atoms with E-state index in [0.29, 0.717) is 11.8 Å². The van der Waals surface area contributed by atoms with E-state index in [0.717, 1.165) is 5.56 Å². The second-order valence-electron chi connectivity index (χ2n) is 4.55.